The number of thiophene rings is 1. The first-order valence-electron chi connectivity index (χ1n) is 8.64. The number of halogens is 1. The van der Waals surface area contributed by atoms with Crippen molar-refractivity contribution in [2.24, 2.45) is 0 Å². The van der Waals surface area contributed by atoms with Crippen molar-refractivity contribution < 1.29 is 23.5 Å². The molecule has 0 radical (unpaired) electrons. The SMILES string of the molecule is C[C@H](OC(=O)c1cc2c(s1)-c1ccccc1OC2)C(=O)Nc1ccccc1F. The highest BCUT2D eigenvalue weighted by Gasteiger charge is 2.25. The van der Waals surface area contributed by atoms with Crippen LogP contribution in [0.5, 0.6) is 5.75 Å². The fraction of sp³-hybridized carbons (Fsp3) is 0.143. The molecule has 0 fully saturated rings. The summed E-state index contributed by atoms with van der Waals surface area (Å²) in [5, 5.41) is 2.42. The van der Waals surface area contributed by atoms with Gasteiger partial charge in [0.05, 0.1) is 5.69 Å². The molecule has 3 aromatic rings. The number of carbonyl (C=O) groups excluding carboxylic acids is 2. The Bertz CT molecular complexity index is 1060. The molecule has 1 aliphatic heterocycles. The van der Waals surface area contributed by atoms with Crippen LogP contribution in [0.15, 0.2) is 54.6 Å². The number of hydrogen-bond donors (Lipinski definition) is 1. The van der Waals surface area contributed by atoms with Gasteiger partial charge < -0.3 is 14.8 Å². The number of fused-ring (bicyclic) bond motifs is 3. The van der Waals surface area contributed by atoms with Gasteiger partial charge in [0.2, 0.25) is 0 Å². The Labute approximate surface area is 164 Å². The van der Waals surface area contributed by atoms with Crippen LogP contribution in [0.2, 0.25) is 0 Å². The predicted molar refractivity (Wildman–Crippen MR) is 104 cm³/mol. The maximum atomic E-state index is 13.7. The summed E-state index contributed by atoms with van der Waals surface area (Å²) >= 11 is 1.30. The smallest absolute Gasteiger partial charge is 0.349 e. The van der Waals surface area contributed by atoms with Crippen molar-refractivity contribution in [2.45, 2.75) is 19.6 Å². The normalized spacial score (nSPS) is 12.9. The minimum Gasteiger partial charge on any atom is -0.488 e. The van der Waals surface area contributed by atoms with Gasteiger partial charge in [-0.25, -0.2) is 9.18 Å². The summed E-state index contributed by atoms with van der Waals surface area (Å²) in [6, 6.07) is 15.1. The van der Waals surface area contributed by atoms with E-state index in [0.29, 0.717) is 11.5 Å². The highest BCUT2D eigenvalue weighted by Crippen LogP contribution is 2.42. The van der Waals surface area contributed by atoms with Gasteiger partial charge in [-0.15, -0.1) is 11.3 Å². The first kappa shape index (κ1) is 18.2. The van der Waals surface area contributed by atoms with Crippen LogP contribution in [0.4, 0.5) is 10.1 Å². The van der Waals surface area contributed by atoms with E-state index in [1.807, 2.05) is 24.3 Å². The second-order valence-electron chi connectivity index (χ2n) is 6.27. The molecule has 1 aromatic heterocycles. The maximum absolute atomic E-state index is 13.7. The van der Waals surface area contributed by atoms with Crippen molar-refractivity contribution in [3.8, 4) is 16.2 Å². The monoisotopic (exact) mass is 397 g/mol. The van der Waals surface area contributed by atoms with Gasteiger partial charge in [-0.3, -0.25) is 4.79 Å². The third-order valence-electron chi connectivity index (χ3n) is 4.31. The van der Waals surface area contributed by atoms with Crippen LogP contribution in [0.3, 0.4) is 0 Å². The van der Waals surface area contributed by atoms with Crippen LogP contribution >= 0.6 is 11.3 Å². The molecule has 142 valence electrons. The molecular formula is C21H16FNO4S. The van der Waals surface area contributed by atoms with Crippen molar-refractivity contribution in [2.75, 3.05) is 5.32 Å². The van der Waals surface area contributed by atoms with Gasteiger partial charge in [-0.05, 0) is 37.3 Å². The lowest BCUT2D eigenvalue weighted by atomic mass is 10.1. The summed E-state index contributed by atoms with van der Waals surface area (Å²) in [4.78, 5) is 26.1. The number of para-hydroxylation sites is 2. The van der Waals surface area contributed by atoms with Gasteiger partial charge in [0.1, 0.15) is 23.1 Å². The predicted octanol–water partition coefficient (Wildman–Crippen LogP) is 4.63. The quantitative estimate of drug-likeness (QED) is 0.652. The standard InChI is InChI=1S/C21H16FNO4S/c1-12(20(24)23-16-8-4-3-7-15(16)22)27-21(25)18-10-13-11-26-17-9-5-2-6-14(17)19(13)28-18/h2-10,12H,11H2,1H3,(H,23,24)/t12-/m0/s1. The van der Waals surface area contributed by atoms with Crippen LogP contribution in [0.25, 0.3) is 10.4 Å². The molecule has 0 saturated carbocycles. The molecule has 0 spiro atoms. The molecule has 5 nitrogen and oxygen atoms in total. The third-order valence-corrected chi connectivity index (χ3v) is 5.50. The number of ether oxygens (including phenoxy) is 2. The lowest BCUT2D eigenvalue weighted by Crippen LogP contribution is -2.30. The minimum absolute atomic E-state index is 0.0377. The maximum Gasteiger partial charge on any atom is 0.349 e. The van der Waals surface area contributed by atoms with Crippen LogP contribution in [-0.4, -0.2) is 18.0 Å². The Morgan fingerprint density at radius 3 is 2.75 bits per heavy atom. The van der Waals surface area contributed by atoms with Gasteiger partial charge in [0.25, 0.3) is 5.91 Å². The lowest BCUT2D eigenvalue weighted by molar-refractivity contribution is -0.123. The van der Waals surface area contributed by atoms with Crippen molar-refractivity contribution in [1.29, 1.82) is 0 Å². The number of esters is 1. The van der Waals surface area contributed by atoms with Gasteiger partial charge in [-0.2, -0.15) is 0 Å². The zero-order chi connectivity index (χ0) is 19.7. The highest BCUT2D eigenvalue weighted by atomic mass is 32.1. The minimum atomic E-state index is -1.07. The van der Waals surface area contributed by atoms with E-state index >= 15 is 0 Å². The number of carbonyl (C=O) groups is 2. The number of amides is 1. The molecule has 28 heavy (non-hydrogen) atoms. The van der Waals surface area contributed by atoms with Gasteiger partial charge in [0, 0.05) is 16.0 Å². The Balaban J connectivity index is 1.47. The van der Waals surface area contributed by atoms with E-state index in [0.717, 1.165) is 21.8 Å². The van der Waals surface area contributed by atoms with E-state index in [1.165, 1.54) is 36.5 Å². The van der Waals surface area contributed by atoms with Gasteiger partial charge >= 0.3 is 5.97 Å². The molecule has 1 atom stereocenters. The largest absolute Gasteiger partial charge is 0.488 e. The van der Waals surface area contributed by atoms with E-state index in [9.17, 15) is 14.0 Å². The van der Waals surface area contributed by atoms with E-state index in [1.54, 1.807) is 12.1 Å². The number of benzene rings is 2. The summed E-state index contributed by atoms with van der Waals surface area (Å²) < 4.78 is 24.6. The zero-order valence-electron chi connectivity index (χ0n) is 14.9. The van der Waals surface area contributed by atoms with Crippen LogP contribution < -0.4 is 10.1 Å². The fourth-order valence-corrected chi connectivity index (χ4v) is 3.95. The molecule has 1 N–H and O–H groups in total. The molecular weight excluding hydrogens is 381 g/mol. The van der Waals surface area contributed by atoms with E-state index < -0.39 is 23.8 Å². The number of anilines is 1. The summed E-state index contributed by atoms with van der Waals surface area (Å²) in [6.07, 6.45) is -1.07. The average Bonchev–Trinajstić information content (AvgIpc) is 3.14. The summed E-state index contributed by atoms with van der Waals surface area (Å²) in [5.41, 5.74) is 1.87. The first-order chi connectivity index (χ1) is 13.5. The second kappa shape index (κ2) is 7.44. The third kappa shape index (κ3) is 3.48. The Hall–Kier alpha value is -3.19. The molecule has 4 rings (SSSR count). The molecule has 2 aromatic carbocycles. The zero-order valence-corrected chi connectivity index (χ0v) is 15.7. The number of nitrogens with one attached hydrogen (secondary N) is 1. The molecule has 0 saturated heterocycles. The molecule has 0 unspecified atom stereocenters. The van der Waals surface area contributed by atoms with Crippen molar-refractivity contribution in [3.63, 3.8) is 0 Å². The molecule has 0 bridgehead atoms. The van der Waals surface area contributed by atoms with E-state index in [-0.39, 0.29) is 5.69 Å². The van der Waals surface area contributed by atoms with Crippen molar-refractivity contribution in [1.82, 2.24) is 0 Å². The Morgan fingerprint density at radius 1 is 1.18 bits per heavy atom. The molecule has 1 amide bonds. The topological polar surface area (TPSA) is 64.6 Å². The van der Waals surface area contributed by atoms with E-state index in [2.05, 4.69) is 5.32 Å². The van der Waals surface area contributed by atoms with Gasteiger partial charge in [0.15, 0.2) is 6.10 Å². The second-order valence-corrected chi connectivity index (χ2v) is 7.32. The number of hydrogen-bond acceptors (Lipinski definition) is 5. The number of rotatable bonds is 4. The molecule has 2 heterocycles. The summed E-state index contributed by atoms with van der Waals surface area (Å²) in [6.45, 7) is 1.82. The van der Waals surface area contributed by atoms with Crippen LogP contribution in [-0.2, 0) is 16.1 Å². The molecule has 0 aliphatic carbocycles. The summed E-state index contributed by atoms with van der Waals surface area (Å²) in [5.74, 6) is -0.991. The van der Waals surface area contributed by atoms with Crippen LogP contribution in [0, 0.1) is 5.82 Å². The van der Waals surface area contributed by atoms with E-state index in [4.69, 9.17) is 9.47 Å². The fourth-order valence-electron chi connectivity index (χ4n) is 2.87. The summed E-state index contributed by atoms with van der Waals surface area (Å²) in [7, 11) is 0. The van der Waals surface area contributed by atoms with Crippen molar-refractivity contribution in [3.05, 3.63) is 70.9 Å². The molecule has 7 heteroatoms. The Morgan fingerprint density at radius 2 is 1.93 bits per heavy atom. The lowest BCUT2D eigenvalue weighted by Gasteiger charge is -2.16. The first-order valence-corrected chi connectivity index (χ1v) is 9.46. The Kier molecular flexibility index (Phi) is 4.83. The van der Waals surface area contributed by atoms with Gasteiger partial charge in [-0.1, -0.05) is 24.3 Å². The van der Waals surface area contributed by atoms with Crippen LogP contribution in [0.1, 0.15) is 22.2 Å². The highest BCUT2D eigenvalue weighted by molar-refractivity contribution is 7.17. The average molecular weight is 397 g/mol. The molecule has 1 aliphatic rings. The van der Waals surface area contributed by atoms with Crippen molar-refractivity contribution >= 4 is 28.9 Å².